The molecule has 1 amide bonds. The average Bonchev–Trinajstić information content (AvgIpc) is 2.43. The molecule has 4 nitrogen and oxygen atoms in total. The molecule has 6 heteroatoms. The van der Waals surface area contributed by atoms with Gasteiger partial charge in [-0.05, 0) is 29.8 Å². The van der Waals surface area contributed by atoms with Gasteiger partial charge >= 0.3 is 0 Å². The molecule has 2 aromatic rings. The summed E-state index contributed by atoms with van der Waals surface area (Å²) in [5, 5.41) is 2.84. The summed E-state index contributed by atoms with van der Waals surface area (Å²) < 4.78 is 31.7. The number of hydrogen-bond acceptors (Lipinski definition) is 3. The molecular weight excluding hydrogens is 278 g/mol. The van der Waals surface area contributed by atoms with Crippen LogP contribution in [0.1, 0.15) is 11.6 Å². The smallest absolute Gasteiger partial charge is 0.244 e. The van der Waals surface area contributed by atoms with Gasteiger partial charge in [-0.2, -0.15) is 0 Å². The third-order valence-corrected chi connectivity index (χ3v) is 2.91. The predicted octanol–water partition coefficient (Wildman–Crippen LogP) is 2.61. The van der Waals surface area contributed by atoms with E-state index in [-0.39, 0.29) is 5.56 Å². The first-order chi connectivity index (χ1) is 10.0. The second kappa shape index (κ2) is 6.21. The molecular formula is C15H14F2N2O2. The number of benzene rings is 2. The Labute approximate surface area is 120 Å². The zero-order valence-corrected chi connectivity index (χ0v) is 11.3. The number of para-hydroxylation sites is 2. The molecule has 0 spiro atoms. The van der Waals surface area contributed by atoms with Crippen molar-refractivity contribution in [2.45, 2.75) is 6.04 Å². The Morgan fingerprint density at radius 2 is 1.81 bits per heavy atom. The van der Waals surface area contributed by atoms with Crippen molar-refractivity contribution >= 4 is 11.6 Å². The number of halogens is 2. The van der Waals surface area contributed by atoms with E-state index in [1.54, 1.807) is 24.3 Å². The Balaban J connectivity index is 2.38. The maximum atomic E-state index is 13.3. The second-order valence-corrected chi connectivity index (χ2v) is 4.38. The van der Waals surface area contributed by atoms with Crippen LogP contribution in [0.25, 0.3) is 0 Å². The third kappa shape index (κ3) is 3.47. The van der Waals surface area contributed by atoms with Crippen LogP contribution in [0.4, 0.5) is 14.5 Å². The Bertz CT molecular complexity index is 642. The Morgan fingerprint density at radius 3 is 2.38 bits per heavy atom. The van der Waals surface area contributed by atoms with Gasteiger partial charge in [0, 0.05) is 6.07 Å². The lowest BCUT2D eigenvalue weighted by Gasteiger charge is -2.19. The maximum absolute atomic E-state index is 13.3. The van der Waals surface area contributed by atoms with Gasteiger partial charge in [-0.15, -0.1) is 0 Å². The van der Waals surface area contributed by atoms with Gasteiger partial charge in [-0.1, -0.05) is 12.1 Å². The summed E-state index contributed by atoms with van der Waals surface area (Å²) in [7, 11) is 1.47. The first kappa shape index (κ1) is 14.8. The fourth-order valence-electron chi connectivity index (χ4n) is 1.98. The predicted molar refractivity (Wildman–Crippen MR) is 74.9 cm³/mol. The van der Waals surface area contributed by atoms with E-state index in [0.717, 1.165) is 18.2 Å². The Hall–Kier alpha value is -2.63. The molecule has 21 heavy (non-hydrogen) atoms. The summed E-state index contributed by atoms with van der Waals surface area (Å²) in [5.74, 6) is -1.83. The highest BCUT2D eigenvalue weighted by Crippen LogP contribution is 2.28. The molecule has 2 rings (SSSR count). The topological polar surface area (TPSA) is 64.3 Å². The first-order valence-corrected chi connectivity index (χ1v) is 6.16. The third-order valence-electron chi connectivity index (χ3n) is 2.91. The Kier molecular flexibility index (Phi) is 4.37. The van der Waals surface area contributed by atoms with E-state index >= 15 is 0 Å². The van der Waals surface area contributed by atoms with E-state index in [2.05, 4.69) is 5.32 Å². The van der Waals surface area contributed by atoms with Gasteiger partial charge in [0.05, 0.1) is 12.8 Å². The molecule has 0 radical (unpaired) electrons. The van der Waals surface area contributed by atoms with E-state index in [1.165, 1.54) is 7.11 Å². The minimum atomic E-state index is -1.08. The van der Waals surface area contributed by atoms with Crippen molar-refractivity contribution in [2.24, 2.45) is 5.73 Å². The SMILES string of the molecule is COc1ccccc1NC(C(N)=O)c1cc(F)cc(F)c1. The largest absolute Gasteiger partial charge is 0.495 e. The van der Waals surface area contributed by atoms with Crippen molar-refractivity contribution in [2.75, 3.05) is 12.4 Å². The van der Waals surface area contributed by atoms with Crippen LogP contribution in [0.15, 0.2) is 42.5 Å². The van der Waals surface area contributed by atoms with Crippen LogP contribution >= 0.6 is 0 Å². The standard InChI is InChI=1S/C15H14F2N2O2/c1-21-13-5-3-2-4-12(13)19-14(15(18)20)9-6-10(16)8-11(17)7-9/h2-8,14,19H,1H3,(H2,18,20). The summed E-state index contributed by atoms with van der Waals surface area (Å²) in [4.78, 5) is 11.6. The molecule has 0 aliphatic heterocycles. The van der Waals surface area contributed by atoms with Gasteiger partial charge in [0.2, 0.25) is 5.91 Å². The van der Waals surface area contributed by atoms with E-state index in [4.69, 9.17) is 10.5 Å². The van der Waals surface area contributed by atoms with Crippen LogP contribution in [0.5, 0.6) is 5.75 Å². The quantitative estimate of drug-likeness (QED) is 0.890. The number of amides is 1. The van der Waals surface area contributed by atoms with Crippen LogP contribution in [0.3, 0.4) is 0 Å². The highest BCUT2D eigenvalue weighted by molar-refractivity contribution is 5.85. The van der Waals surface area contributed by atoms with E-state index < -0.39 is 23.6 Å². The Morgan fingerprint density at radius 1 is 1.19 bits per heavy atom. The fourth-order valence-corrected chi connectivity index (χ4v) is 1.98. The zero-order valence-electron chi connectivity index (χ0n) is 11.3. The average molecular weight is 292 g/mol. The number of ether oxygens (including phenoxy) is 1. The van der Waals surface area contributed by atoms with Gasteiger partial charge in [-0.3, -0.25) is 4.79 Å². The van der Waals surface area contributed by atoms with Crippen LogP contribution in [0.2, 0.25) is 0 Å². The van der Waals surface area contributed by atoms with Crippen LogP contribution < -0.4 is 15.8 Å². The molecule has 3 N–H and O–H groups in total. The molecule has 0 heterocycles. The van der Waals surface area contributed by atoms with Crippen LogP contribution in [-0.4, -0.2) is 13.0 Å². The summed E-state index contributed by atoms with van der Waals surface area (Å²) in [5.41, 5.74) is 5.92. The minimum absolute atomic E-state index is 0.103. The highest BCUT2D eigenvalue weighted by atomic mass is 19.1. The lowest BCUT2D eigenvalue weighted by atomic mass is 10.1. The monoisotopic (exact) mass is 292 g/mol. The van der Waals surface area contributed by atoms with Gasteiger partial charge in [0.25, 0.3) is 0 Å². The van der Waals surface area contributed by atoms with Crippen LogP contribution in [0, 0.1) is 11.6 Å². The van der Waals surface area contributed by atoms with Crippen molar-refractivity contribution in [1.29, 1.82) is 0 Å². The van der Waals surface area contributed by atoms with Crippen molar-refractivity contribution in [3.05, 3.63) is 59.7 Å². The molecule has 0 saturated heterocycles. The number of hydrogen-bond donors (Lipinski definition) is 2. The lowest BCUT2D eigenvalue weighted by Crippen LogP contribution is -2.28. The lowest BCUT2D eigenvalue weighted by molar-refractivity contribution is -0.118. The van der Waals surface area contributed by atoms with Gasteiger partial charge in [0.1, 0.15) is 23.4 Å². The number of rotatable bonds is 5. The van der Waals surface area contributed by atoms with E-state index in [9.17, 15) is 13.6 Å². The number of carbonyl (C=O) groups excluding carboxylic acids is 1. The second-order valence-electron chi connectivity index (χ2n) is 4.38. The highest BCUT2D eigenvalue weighted by Gasteiger charge is 2.20. The number of nitrogens with one attached hydrogen (secondary N) is 1. The van der Waals surface area contributed by atoms with Gasteiger partial charge in [0.15, 0.2) is 0 Å². The van der Waals surface area contributed by atoms with Gasteiger partial charge in [-0.25, -0.2) is 8.78 Å². The number of carbonyl (C=O) groups is 1. The molecule has 2 aromatic carbocycles. The molecule has 0 saturated carbocycles. The van der Waals surface area contributed by atoms with Crippen molar-refractivity contribution in [1.82, 2.24) is 0 Å². The van der Waals surface area contributed by atoms with Crippen molar-refractivity contribution in [3.63, 3.8) is 0 Å². The number of nitrogens with two attached hydrogens (primary N) is 1. The first-order valence-electron chi connectivity index (χ1n) is 6.16. The normalized spacial score (nSPS) is 11.8. The number of anilines is 1. The van der Waals surface area contributed by atoms with Gasteiger partial charge < -0.3 is 15.8 Å². The van der Waals surface area contributed by atoms with Crippen molar-refractivity contribution < 1.29 is 18.3 Å². The molecule has 1 unspecified atom stereocenters. The molecule has 1 atom stereocenters. The molecule has 0 fully saturated rings. The molecule has 110 valence electrons. The summed E-state index contributed by atoms with van der Waals surface area (Å²) in [6.07, 6.45) is 0. The molecule has 0 aromatic heterocycles. The van der Waals surface area contributed by atoms with E-state index in [0.29, 0.717) is 11.4 Å². The molecule has 0 bridgehead atoms. The summed E-state index contributed by atoms with van der Waals surface area (Å²) >= 11 is 0. The zero-order chi connectivity index (χ0) is 15.4. The van der Waals surface area contributed by atoms with Crippen LogP contribution in [-0.2, 0) is 4.79 Å². The molecule has 0 aliphatic carbocycles. The summed E-state index contributed by atoms with van der Waals surface area (Å²) in [6.45, 7) is 0. The summed E-state index contributed by atoms with van der Waals surface area (Å²) in [6, 6.07) is 8.61. The number of methoxy groups -OCH3 is 1. The molecule has 0 aliphatic rings. The maximum Gasteiger partial charge on any atom is 0.244 e. The number of primary amides is 1. The fraction of sp³-hybridized carbons (Fsp3) is 0.133. The van der Waals surface area contributed by atoms with Crippen molar-refractivity contribution in [3.8, 4) is 5.75 Å². The minimum Gasteiger partial charge on any atom is -0.495 e. The van der Waals surface area contributed by atoms with E-state index in [1.807, 2.05) is 0 Å².